The molecule has 0 radical (unpaired) electrons. The lowest BCUT2D eigenvalue weighted by atomic mass is 10.1. The molecule has 0 fully saturated rings. The van der Waals surface area contributed by atoms with Crippen molar-refractivity contribution in [2.24, 2.45) is 0 Å². The van der Waals surface area contributed by atoms with Gasteiger partial charge in [0.2, 0.25) is 5.91 Å². The molecule has 1 aromatic heterocycles. The van der Waals surface area contributed by atoms with E-state index in [9.17, 15) is 9.90 Å². The summed E-state index contributed by atoms with van der Waals surface area (Å²) in [6, 6.07) is 26.4. The zero-order chi connectivity index (χ0) is 21.6. The second kappa shape index (κ2) is 9.49. The SMILES string of the molecule is CC(NC(=O)CSc1nnc(-c2ccccc2O)n1-c1ccccc1)c1ccccc1. The highest BCUT2D eigenvalue weighted by atomic mass is 32.2. The number of nitrogens with one attached hydrogen (secondary N) is 1. The number of aromatic hydroxyl groups is 1. The van der Waals surface area contributed by atoms with E-state index in [1.54, 1.807) is 18.2 Å². The van der Waals surface area contributed by atoms with Crippen LogP contribution in [-0.4, -0.2) is 31.5 Å². The molecule has 156 valence electrons. The predicted molar refractivity (Wildman–Crippen MR) is 122 cm³/mol. The van der Waals surface area contributed by atoms with Crippen molar-refractivity contribution in [1.82, 2.24) is 20.1 Å². The van der Waals surface area contributed by atoms with E-state index in [2.05, 4.69) is 15.5 Å². The van der Waals surface area contributed by atoms with Crippen LogP contribution in [0.3, 0.4) is 0 Å². The average Bonchev–Trinajstić information content (AvgIpc) is 3.23. The second-order valence-corrected chi connectivity index (χ2v) is 7.93. The molecule has 0 bridgehead atoms. The van der Waals surface area contributed by atoms with Crippen molar-refractivity contribution >= 4 is 17.7 Å². The third-order valence-electron chi connectivity index (χ3n) is 4.80. The third kappa shape index (κ3) is 4.78. The number of thioether (sulfide) groups is 1. The minimum absolute atomic E-state index is 0.0851. The quantitative estimate of drug-likeness (QED) is 0.419. The number of benzene rings is 3. The Hall–Kier alpha value is -3.58. The minimum atomic E-state index is -0.0897. The Kier molecular flexibility index (Phi) is 6.33. The molecule has 0 aliphatic carbocycles. The summed E-state index contributed by atoms with van der Waals surface area (Å²) in [5.74, 6) is 0.749. The summed E-state index contributed by atoms with van der Waals surface area (Å²) < 4.78 is 1.85. The van der Waals surface area contributed by atoms with Crippen LogP contribution in [0.25, 0.3) is 17.1 Å². The molecule has 1 unspecified atom stereocenters. The van der Waals surface area contributed by atoms with Gasteiger partial charge in [0.05, 0.1) is 17.4 Å². The molecule has 2 N–H and O–H groups in total. The predicted octanol–water partition coefficient (Wildman–Crippen LogP) is 4.61. The van der Waals surface area contributed by atoms with Crippen molar-refractivity contribution in [3.63, 3.8) is 0 Å². The number of phenols is 1. The number of amides is 1. The molecule has 6 nitrogen and oxygen atoms in total. The number of phenolic OH excluding ortho intramolecular Hbond substituents is 1. The lowest BCUT2D eigenvalue weighted by Crippen LogP contribution is -2.28. The van der Waals surface area contributed by atoms with Gasteiger partial charge in [-0.2, -0.15) is 0 Å². The zero-order valence-corrected chi connectivity index (χ0v) is 17.8. The Morgan fingerprint density at radius 1 is 0.968 bits per heavy atom. The van der Waals surface area contributed by atoms with Crippen LogP contribution in [0.5, 0.6) is 5.75 Å². The maximum absolute atomic E-state index is 12.5. The summed E-state index contributed by atoms with van der Waals surface area (Å²) in [5, 5.41) is 22.5. The second-order valence-electron chi connectivity index (χ2n) is 6.98. The van der Waals surface area contributed by atoms with Crippen LogP contribution in [0.1, 0.15) is 18.5 Å². The molecule has 0 aliphatic rings. The van der Waals surface area contributed by atoms with Gasteiger partial charge in [-0.25, -0.2) is 0 Å². The number of hydrogen-bond acceptors (Lipinski definition) is 5. The number of para-hydroxylation sites is 2. The van der Waals surface area contributed by atoms with Gasteiger partial charge in [-0.1, -0.05) is 72.4 Å². The lowest BCUT2D eigenvalue weighted by Gasteiger charge is -2.14. The molecule has 0 saturated heterocycles. The highest BCUT2D eigenvalue weighted by Gasteiger charge is 2.19. The fourth-order valence-electron chi connectivity index (χ4n) is 3.25. The summed E-state index contributed by atoms with van der Waals surface area (Å²) in [6.45, 7) is 1.96. The molecular weight excluding hydrogens is 408 g/mol. The van der Waals surface area contributed by atoms with Gasteiger partial charge in [0.15, 0.2) is 11.0 Å². The first-order chi connectivity index (χ1) is 15.1. The monoisotopic (exact) mass is 430 g/mol. The summed E-state index contributed by atoms with van der Waals surface area (Å²) >= 11 is 1.30. The van der Waals surface area contributed by atoms with Crippen molar-refractivity contribution in [3.8, 4) is 22.8 Å². The summed E-state index contributed by atoms with van der Waals surface area (Å²) in [7, 11) is 0. The van der Waals surface area contributed by atoms with Crippen molar-refractivity contribution in [3.05, 3.63) is 90.5 Å². The number of rotatable bonds is 7. The summed E-state index contributed by atoms with van der Waals surface area (Å²) in [4.78, 5) is 12.5. The maximum atomic E-state index is 12.5. The van der Waals surface area contributed by atoms with Crippen LogP contribution in [0.2, 0.25) is 0 Å². The Morgan fingerprint density at radius 3 is 2.32 bits per heavy atom. The van der Waals surface area contributed by atoms with Crippen molar-refractivity contribution < 1.29 is 9.90 Å². The van der Waals surface area contributed by atoms with E-state index < -0.39 is 0 Å². The van der Waals surface area contributed by atoms with E-state index in [0.29, 0.717) is 16.5 Å². The van der Waals surface area contributed by atoms with Crippen molar-refractivity contribution in [2.45, 2.75) is 18.1 Å². The fraction of sp³-hybridized carbons (Fsp3) is 0.125. The number of aromatic nitrogens is 3. The minimum Gasteiger partial charge on any atom is -0.507 e. The van der Waals surface area contributed by atoms with Gasteiger partial charge in [-0.15, -0.1) is 10.2 Å². The number of carbonyl (C=O) groups is 1. The van der Waals surface area contributed by atoms with Crippen LogP contribution < -0.4 is 5.32 Å². The number of carbonyl (C=O) groups excluding carboxylic acids is 1. The molecular formula is C24H22N4O2S. The Labute approximate surface area is 185 Å². The topological polar surface area (TPSA) is 80.0 Å². The number of hydrogen-bond donors (Lipinski definition) is 2. The molecule has 1 atom stereocenters. The van der Waals surface area contributed by atoms with Gasteiger partial charge >= 0.3 is 0 Å². The van der Waals surface area contributed by atoms with Crippen LogP contribution in [0, 0.1) is 0 Å². The van der Waals surface area contributed by atoms with E-state index in [1.807, 2.05) is 78.2 Å². The van der Waals surface area contributed by atoms with Crippen molar-refractivity contribution in [1.29, 1.82) is 0 Å². The molecule has 31 heavy (non-hydrogen) atoms. The van der Waals surface area contributed by atoms with E-state index in [0.717, 1.165) is 11.3 Å². The molecule has 4 aromatic rings. The first kappa shape index (κ1) is 20.7. The molecule has 7 heteroatoms. The molecule has 0 aliphatic heterocycles. The van der Waals surface area contributed by atoms with Crippen LogP contribution in [0.4, 0.5) is 0 Å². The smallest absolute Gasteiger partial charge is 0.230 e. The Bertz CT molecular complexity index is 1160. The zero-order valence-electron chi connectivity index (χ0n) is 17.0. The Morgan fingerprint density at radius 2 is 1.61 bits per heavy atom. The molecule has 4 rings (SSSR count). The third-order valence-corrected chi connectivity index (χ3v) is 5.73. The van der Waals surface area contributed by atoms with E-state index in [-0.39, 0.29) is 23.5 Å². The normalized spacial score (nSPS) is 11.8. The molecule has 3 aromatic carbocycles. The van der Waals surface area contributed by atoms with Gasteiger partial charge in [-0.05, 0) is 36.8 Å². The standard InChI is InChI=1S/C24H22N4O2S/c1-17(18-10-4-2-5-11-18)25-22(30)16-31-24-27-26-23(20-14-8-9-15-21(20)29)28(24)19-12-6-3-7-13-19/h2-15,17,29H,16H2,1H3,(H,25,30). The van der Waals surface area contributed by atoms with E-state index >= 15 is 0 Å². The fourth-order valence-corrected chi connectivity index (χ4v) is 4.01. The molecule has 0 spiro atoms. The van der Waals surface area contributed by atoms with Gasteiger partial charge in [0.25, 0.3) is 0 Å². The average molecular weight is 431 g/mol. The first-order valence-corrected chi connectivity index (χ1v) is 10.9. The van der Waals surface area contributed by atoms with E-state index in [1.165, 1.54) is 11.8 Å². The lowest BCUT2D eigenvalue weighted by molar-refractivity contribution is -0.119. The van der Waals surface area contributed by atoms with Crippen molar-refractivity contribution in [2.75, 3.05) is 5.75 Å². The molecule has 0 saturated carbocycles. The van der Waals surface area contributed by atoms with Crippen LogP contribution in [-0.2, 0) is 4.79 Å². The Balaban J connectivity index is 1.56. The highest BCUT2D eigenvalue weighted by molar-refractivity contribution is 7.99. The van der Waals surface area contributed by atoms with E-state index in [4.69, 9.17) is 0 Å². The van der Waals surface area contributed by atoms with Gasteiger partial charge in [-0.3, -0.25) is 9.36 Å². The first-order valence-electron chi connectivity index (χ1n) is 9.90. The van der Waals surface area contributed by atoms with Gasteiger partial charge in [0, 0.05) is 5.69 Å². The molecule has 1 heterocycles. The maximum Gasteiger partial charge on any atom is 0.230 e. The summed E-state index contributed by atoms with van der Waals surface area (Å²) in [5.41, 5.74) is 2.48. The summed E-state index contributed by atoms with van der Waals surface area (Å²) in [6.07, 6.45) is 0. The largest absolute Gasteiger partial charge is 0.507 e. The van der Waals surface area contributed by atoms with Crippen LogP contribution in [0.15, 0.2) is 90.1 Å². The van der Waals surface area contributed by atoms with Crippen LogP contribution >= 0.6 is 11.8 Å². The molecule has 1 amide bonds. The number of nitrogens with zero attached hydrogens (tertiary/aromatic N) is 3. The highest BCUT2D eigenvalue weighted by Crippen LogP contribution is 2.32. The van der Waals surface area contributed by atoms with Gasteiger partial charge in [0.1, 0.15) is 5.75 Å². The van der Waals surface area contributed by atoms with Gasteiger partial charge < -0.3 is 10.4 Å².